The van der Waals surface area contributed by atoms with Crippen molar-refractivity contribution in [2.24, 2.45) is 21.6 Å². The molecule has 0 aliphatic carbocycles. The number of amides is 1. The minimum absolute atomic E-state index is 0.00531. The first-order chi connectivity index (χ1) is 23.5. The lowest BCUT2D eigenvalue weighted by Crippen LogP contribution is -2.48. The van der Waals surface area contributed by atoms with E-state index in [1.165, 1.54) is 17.5 Å². The van der Waals surface area contributed by atoms with Crippen molar-refractivity contribution < 1.29 is 14.3 Å². The second-order valence-electron chi connectivity index (χ2n) is 12.8. The largest absolute Gasteiger partial charge is 0.397 e. The Morgan fingerprint density at radius 2 is 1.84 bits per heavy atom. The molecule has 5 N–H and O–H groups in total. The van der Waals surface area contributed by atoms with E-state index < -0.39 is 0 Å². The summed E-state index contributed by atoms with van der Waals surface area (Å²) in [5.41, 5.74) is 16.4. The Kier molecular flexibility index (Phi) is 13.6. The fraction of sp³-hybridized carbons (Fsp3) is 0.500. The second-order valence-corrected chi connectivity index (χ2v) is 12.8. The minimum atomic E-state index is -0.159. The van der Waals surface area contributed by atoms with Crippen molar-refractivity contribution in [1.29, 1.82) is 5.41 Å². The van der Waals surface area contributed by atoms with Gasteiger partial charge in [0.15, 0.2) is 0 Å². The lowest BCUT2D eigenvalue weighted by atomic mass is 9.98. The first kappa shape index (κ1) is 37.4. The third-order valence-electron chi connectivity index (χ3n) is 8.96. The number of likely N-dealkylation sites (tertiary alicyclic amines) is 1. The maximum atomic E-state index is 13.1. The second kappa shape index (κ2) is 17.8. The zero-order valence-corrected chi connectivity index (χ0v) is 29.5. The maximum Gasteiger partial charge on any atom is 0.232 e. The number of anilines is 2. The van der Waals surface area contributed by atoms with Gasteiger partial charge >= 0.3 is 0 Å². The smallest absolute Gasteiger partial charge is 0.232 e. The third-order valence-corrected chi connectivity index (χ3v) is 8.96. The summed E-state index contributed by atoms with van der Waals surface area (Å²) in [6.45, 7) is 11.3. The molecule has 0 saturated carbocycles. The number of aliphatic imine (C=N–C) groups is 2. The van der Waals surface area contributed by atoms with Crippen LogP contribution in [0.1, 0.15) is 50.4 Å². The summed E-state index contributed by atoms with van der Waals surface area (Å²) < 4.78 is 5.76. The van der Waals surface area contributed by atoms with Crippen LogP contribution >= 0.6 is 0 Å². The van der Waals surface area contributed by atoms with Crippen LogP contribution < -0.4 is 16.4 Å². The topological polar surface area (TPSA) is 170 Å². The number of benzene rings is 1. The number of hydrogen-bond donors (Lipinski definition) is 3. The van der Waals surface area contributed by atoms with E-state index in [9.17, 15) is 9.59 Å². The lowest BCUT2D eigenvalue weighted by molar-refractivity contribution is -0.122. The Morgan fingerprint density at radius 1 is 1.12 bits per heavy atom. The van der Waals surface area contributed by atoms with Crippen molar-refractivity contribution in [1.82, 2.24) is 19.7 Å². The molecule has 1 amide bonds. The van der Waals surface area contributed by atoms with Gasteiger partial charge in [0.1, 0.15) is 35.8 Å². The molecule has 0 bridgehead atoms. The average Bonchev–Trinajstić information content (AvgIpc) is 3.57. The van der Waals surface area contributed by atoms with Gasteiger partial charge in [-0.05, 0) is 70.5 Å². The van der Waals surface area contributed by atoms with Crippen molar-refractivity contribution in [2.45, 2.75) is 45.8 Å². The molecule has 13 nitrogen and oxygen atoms in total. The van der Waals surface area contributed by atoms with Crippen molar-refractivity contribution >= 4 is 47.3 Å². The summed E-state index contributed by atoms with van der Waals surface area (Å²) in [6, 6.07) is 11.7. The standard InChI is InChI=1S/C21H32N6O3.C15H20N4/c1-4-27(21(29)16-7-8-25(13-16)9-10-28)18-6-5-17(22)19(24-18)20(23)26-11-14(2)30-15(3)12-26;1-17-11-18-15(16)14-5-3-12(4-6-14)13-7-9-19(2)10-8-13/h5-6,10,14-16,23H,4,7-9,11-13,22H2,1-3H3;3-7,11H,8-10H2,1-2H3,(H2,16,17,18). The number of aromatic nitrogens is 1. The quantitative estimate of drug-likeness (QED) is 0.206. The molecule has 2 saturated heterocycles. The van der Waals surface area contributed by atoms with E-state index in [2.05, 4.69) is 45.1 Å². The van der Waals surface area contributed by atoms with Crippen molar-refractivity contribution in [2.75, 3.05) is 77.1 Å². The molecule has 4 heterocycles. The lowest BCUT2D eigenvalue weighted by Gasteiger charge is -2.36. The number of carbonyl (C=O) groups excluding carboxylic acids is 2. The highest BCUT2D eigenvalue weighted by Gasteiger charge is 2.32. The van der Waals surface area contributed by atoms with E-state index in [0.717, 1.165) is 44.3 Å². The van der Waals surface area contributed by atoms with E-state index in [1.54, 1.807) is 24.1 Å². The first-order valence-corrected chi connectivity index (χ1v) is 17.0. The molecule has 2 fully saturated rings. The molecule has 5 rings (SSSR count). The number of likely N-dealkylation sites (N-methyl/N-ethyl adjacent to an activating group) is 1. The summed E-state index contributed by atoms with van der Waals surface area (Å²) in [6.07, 6.45) is 6.49. The van der Waals surface area contributed by atoms with Gasteiger partial charge in [-0.3, -0.25) is 25.0 Å². The molecular weight excluding hydrogens is 620 g/mol. The Morgan fingerprint density at radius 3 is 2.45 bits per heavy atom. The molecule has 1 aromatic carbocycles. The average molecular weight is 673 g/mol. The van der Waals surface area contributed by atoms with Crippen LogP contribution in [0.4, 0.5) is 11.5 Å². The van der Waals surface area contributed by atoms with Gasteiger partial charge in [0.05, 0.1) is 30.4 Å². The fourth-order valence-corrected chi connectivity index (χ4v) is 6.35. The predicted molar refractivity (Wildman–Crippen MR) is 197 cm³/mol. The predicted octanol–water partition coefficient (Wildman–Crippen LogP) is 2.74. The van der Waals surface area contributed by atoms with Gasteiger partial charge in [0.2, 0.25) is 5.91 Å². The number of nitrogens with one attached hydrogen (secondary N) is 1. The molecule has 49 heavy (non-hydrogen) atoms. The molecule has 2 aromatic rings. The molecule has 13 heteroatoms. The van der Waals surface area contributed by atoms with E-state index >= 15 is 0 Å². The Hall–Kier alpha value is -4.46. The number of nitrogen functional groups attached to an aromatic ring is 1. The number of carbonyl (C=O) groups is 2. The van der Waals surface area contributed by atoms with Crippen molar-refractivity contribution in [3.05, 3.63) is 59.3 Å². The van der Waals surface area contributed by atoms with E-state index in [0.29, 0.717) is 55.8 Å². The number of hydrogen-bond acceptors (Lipinski definition) is 9. The SMILES string of the molecule is CCN(C(=O)C1CCN(CC=O)C1)c1ccc(N)c(C(=N)N2CC(C)OC(C)C2)n1.CN=CN=C(N)c1ccc(C2=CCN(C)CC2)cc1. The highest BCUT2D eigenvalue weighted by Crippen LogP contribution is 2.25. The minimum Gasteiger partial charge on any atom is -0.397 e. The molecular formula is C36H52N10O3. The summed E-state index contributed by atoms with van der Waals surface area (Å²) in [5, 5.41) is 8.67. The van der Waals surface area contributed by atoms with Crippen LogP contribution in [0.15, 0.2) is 52.5 Å². The van der Waals surface area contributed by atoms with Crippen LogP contribution in [0.3, 0.4) is 0 Å². The van der Waals surface area contributed by atoms with E-state index in [4.69, 9.17) is 21.6 Å². The zero-order valence-electron chi connectivity index (χ0n) is 29.5. The fourth-order valence-electron chi connectivity index (χ4n) is 6.35. The maximum absolute atomic E-state index is 13.1. The molecule has 3 atom stereocenters. The van der Waals surface area contributed by atoms with Crippen LogP contribution in [0.2, 0.25) is 0 Å². The molecule has 3 aliphatic heterocycles. The molecule has 1 aromatic heterocycles. The molecule has 3 aliphatic rings. The van der Waals surface area contributed by atoms with Crippen LogP contribution in [-0.2, 0) is 14.3 Å². The highest BCUT2D eigenvalue weighted by atomic mass is 16.5. The van der Waals surface area contributed by atoms with Gasteiger partial charge in [0, 0.05) is 51.9 Å². The normalized spacial score (nSPS) is 22.0. The number of nitrogens with two attached hydrogens (primary N) is 2. The summed E-state index contributed by atoms with van der Waals surface area (Å²) >= 11 is 0. The first-order valence-electron chi connectivity index (χ1n) is 17.0. The van der Waals surface area contributed by atoms with Gasteiger partial charge in [-0.25, -0.2) is 9.98 Å². The Balaban J connectivity index is 0.000000244. The summed E-state index contributed by atoms with van der Waals surface area (Å²) in [4.78, 5) is 44.2. The Bertz CT molecular complexity index is 1530. The van der Waals surface area contributed by atoms with Gasteiger partial charge < -0.3 is 30.8 Å². The molecule has 0 spiro atoms. The third kappa shape index (κ3) is 10.0. The van der Waals surface area contributed by atoms with Crippen molar-refractivity contribution in [3.63, 3.8) is 0 Å². The number of morpholine rings is 1. The van der Waals surface area contributed by atoms with Crippen LogP contribution in [0.25, 0.3) is 5.57 Å². The molecule has 3 unspecified atom stereocenters. The summed E-state index contributed by atoms with van der Waals surface area (Å²) in [7, 11) is 3.81. The number of amidine groups is 2. The number of ether oxygens (including phenoxy) is 1. The van der Waals surface area contributed by atoms with Crippen LogP contribution in [-0.4, -0.2) is 129 Å². The van der Waals surface area contributed by atoms with Gasteiger partial charge in [-0.2, -0.15) is 0 Å². The highest BCUT2D eigenvalue weighted by molar-refractivity contribution is 6.02. The molecule has 0 radical (unpaired) electrons. The van der Waals surface area contributed by atoms with E-state index in [-0.39, 0.29) is 29.9 Å². The van der Waals surface area contributed by atoms with E-state index in [1.807, 2.05) is 42.7 Å². The number of nitrogens with zero attached hydrogens (tertiary/aromatic N) is 7. The number of aldehydes is 1. The monoisotopic (exact) mass is 672 g/mol. The van der Waals surface area contributed by atoms with Crippen LogP contribution in [0, 0.1) is 11.3 Å². The summed E-state index contributed by atoms with van der Waals surface area (Å²) in [5.74, 6) is 1.08. The van der Waals surface area contributed by atoms with Gasteiger partial charge in [-0.15, -0.1) is 0 Å². The number of rotatable bonds is 9. The van der Waals surface area contributed by atoms with Crippen LogP contribution in [0.5, 0.6) is 0 Å². The van der Waals surface area contributed by atoms with Gasteiger partial charge in [-0.1, -0.05) is 30.3 Å². The zero-order chi connectivity index (χ0) is 35.5. The molecule has 264 valence electrons. The van der Waals surface area contributed by atoms with Crippen molar-refractivity contribution in [3.8, 4) is 0 Å². The van der Waals surface area contributed by atoms with Gasteiger partial charge in [0.25, 0.3) is 0 Å². The number of pyridine rings is 1. The Labute approximate surface area is 290 Å².